The molecule has 0 saturated heterocycles. The molecule has 0 radical (unpaired) electrons. The van der Waals surface area contributed by atoms with Crippen molar-refractivity contribution in [3.8, 4) is 5.69 Å². The van der Waals surface area contributed by atoms with Crippen molar-refractivity contribution in [2.45, 2.75) is 43.5 Å². The predicted molar refractivity (Wildman–Crippen MR) is 156 cm³/mol. The van der Waals surface area contributed by atoms with E-state index in [1.807, 2.05) is 13.0 Å². The van der Waals surface area contributed by atoms with E-state index in [9.17, 15) is 17.8 Å². The van der Waals surface area contributed by atoms with Crippen LogP contribution in [0.4, 0.5) is 8.78 Å². The van der Waals surface area contributed by atoms with Crippen LogP contribution in [0, 0.1) is 18.2 Å². The lowest BCUT2D eigenvalue weighted by Gasteiger charge is -2.47. The van der Waals surface area contributed by atoms with Crippen LogP contribution in [0.15, 0.2) is 59.5 Å². The van der Waals surface area contributed by atoms with Crippen LogP contribution >= 0.6 is 11.3 Å². The molecule has 0 spiro atoms. The first-order valence-corrected chi connectivity index (χ1v) is 15.8. The third-order valence-electron chi connectivity index (χ3n) is 8.10. The van der Waals surface area contributed by atoms with Gasteiger partial charge in [0.25, 0.3) is 0 Å². The zero-order valence-corrected chi connectivity index (χ0v) is 24.4. The molecule has 0 bridgehead atoms. The summed E-state index contributed by atoms with van der Waals surface area (Å²) < 4.78 is 46.6. The van der Waals surface area contributed by atoms with Gasteiger partial charge >= 0.3 is 0 Å². The number of halogens is 2. The molecule has 1 aromatic carbocycles. The molecule has 3 heterocycles. The number of carbonyl (C=O) groups is 1. The van der Waals surface area contributed by atoms with E-state index < -0.39 is 21.8 Å². The van der Waals surface area contributed by atoms with E-state index in [0.717, 1.165) is 27.4 Å². The normalized spacial score (nSPS) is 21.7. The van der Waals surface area contributed by atoms with E-state index in [4.69, 9.17) is 0 Å². The van der Waals surface area contributed by atoms with Crippen LogP contribution in [-0.4, -0.2) is 64.0 Å². The van der Waals surface area contributed by atoms with Gasteiger partial charge in [-0.15, -0.1) is 11.3 Å². The van der Waals surface area contributed by atoms with Gasteiger partial charge in [0.1, 0.15) is 12.5 Å². The van der Waals surface area contributed by atoms with E-state index in [-0.39, 0.29) is 24.2 Å². The fourth-order valence-corrected chi connectivity index (χ4v) is 8.76. The van der Waals surface area contributed by atoms with E-state index in [1.165, 1.54) is 29.7 Å². The number of thiazole rings is 1. The van der Waals surface area contributed by atoms with Gasteiger partial charge in [-0.25, -0.2) is 27.0 Å². The standard InChI is InChI=1S/C29H30F2N6O2S2/c1-19-15-32-28(40-19)27(38)29-13-20-16-34-37(23-8-5-22(31)6-9-23)26(20)12-21(29)4-7-24(14-29)36(11-10-30)41(3,39)25-17-33-35(2)18-25/h5-6,8-9,12,15-18,24H,3-4,7,10-11,13-14H2,1-2H3/t24-,29-,41?/m0/s1. The molecule has 8 nitrogen and oxygen atoms in total. The molecule has 1 unspecified atom stereocenters. The lowest BCUT2D eigenvalue weighted by Crippen LogP contribution is -2.51. The fourth-order valence-electron chi connectivity index (χ4n) is 6.13. The Morgan fingerprint density at radius 1 is 1.24 bits per heavy atom. The number of nitrogens with zero attached hydrogens (tertiary/aromatic N) is 6. The number of ketones is 1. The largest absolute Gasteiger partial charge is 0.290 e. The number of rotatable bonds is 8. The Morgan fingerprint density at radius 2 is 2.02 bits per heavy atom. The summed E-state index contributed by atoms with van der Waals surface area (Å²) in [6.07, 6.45) is 10.4. The van der Waals surface area contributed by atoms with Crippen molar-refractivity contribution in [3.05, 3.63) is 81.6 Å². The monoisotopic (exact) mass is 596 g/mol. The molecule has 12 heteroatoms. The molecule has 1 fully saturated rings. The number of alkyl halides is 1. The topological polar surface area (TPSA) is 85.9 Å². The van der Waals surface area contributed by atoms with Crippen molar-refractivity contribution < 1.29 is 17.8 Å². The summed E-state index contributed by atoms with van der Waals surface area (Å²) in [6.45, 7) is 1.13. The molecule has 214 valence electrons. The molecule has 4 aromatic rings. The number of hydrogen-bond donors (Lipinski definition) is 0. The Labute approximate surface area is 241 Å². The Hall–Kier alpha value is -3.48. The first-order chi connectivity index (χ1) is 19.6. The van der Waals surface area contributed by atoms with Gasteiger partial charge in [0.2, 0.25) is 5.78 Å². The van der Waals surface area contributed by atoms with Gasteiger partial charge < -0.3 is 0 Å². The minimum absolute atomic E-state index is 0.0741. The van der Waals surface area contributed by atoms with Crippen molar-refractivity contribution in [1.82, 2.24) is 28.9 Å². The van der Waals surface area contributed by atoms with Gasteiger partial charge in [0.15, 0.2) is 5.01 Å². The highest BCUT2D eigenvalue weighted by molar-refractivity contribution is 7.98. The van der Waals surface area contributed by atoms with Crippen molar-refractivity contribution in [2.24, 2.45) is 12.5 Å². The maximum Gasteiger partial charge on any atom is 0.201 e. The number of aryl methyl sites for hydroxylation is 2. The summed E-state index contributed by atoms with van der Waals surface area (Å²) >= 11 is 1.35. The van der Waals surface area contributed by atoms with Crippen molar-refractivity contribution >= 4 is 38.8 Å². The molecule has 0 N–H and O–H groups in total. The predicted octanol–water partition coefficient (Wildman–Crippen LogP) is 4.83. The minimum atomic E-state index is -3.07. The van der Waals surface area contributed by atoms with E-state index in [1.54, 1.807) is 51.4 Å². The number of Topliss-reactive ketones (excluding diaryl/α,β-unsaturated/α-hetero) is 1. The lowest BCUT2D eigenvalue weighted by atomic mass is 9.61. The summed E-state index contributed by atoms with van der Waals surface area (Å²) in [5.41, 5.74) is 2.42. The Balaban J connectivity index is 1.43. The van der Waals surface area contributed by atoms with Gasteiger partial charge in [-0.1, -0.05) is 5.57 Å². The molecular weight excluding hydrogens is 566 g/mol. The summed E-state index contributed by atoms with van der Waals surface area (Å²) in [4.78, 5) is 20.2. The maximum atomic E-state index is 14.4. The van der Waals surface area contributed by atoms with Crippen LogP contribution in [0.3, 0.4) is 0 Å². The van der Waals surface area contributed by atoms with Crippen LogP contribution in [0.1, 0.15) is 45.2 Å². The summed E-state index contributed by atoms with van der Waals surface area (Å²) in [5, 5.41) is 9.16. The van der Waals surface area contributed by atoms with Crippen molar-refractivity contribution in [1.29, 1.82) is 0 Å². The van der Waals surface area contributed by atoms with Gasteiger partial charge in [-0.2, -0.15) is 10.2 Å². The second-order valence-electron chi connectivity index (χ2n) is 10.7. The van der Waals surface area contributed by atoms with Crippen LogP contribution in [0.2, 0.25) is 0 Å². The van der Waals surface area contributed by atoms with E-state index >= 15 is 0 Å². The summed E-state index contributed by atoms with van der Waals surface area (Å²) in [7, 11) is -1.34. The molecule has 1 saturated carbocycles. The average molecular weight is 597 g/mol. The maximum absolute atomic E-state index is 14.4. The van der Waals surface area contributed by atoms with Crippen molar-refractivity contribution in [3.63, 3.8) is 0 Å². The zero-order chi connectivity index (χ0) is 28.9. The first-order valence-electron chi connectivity index (χ1n) is 13.3. The zero-order valence-electron chi connectivity index (χ0n) is 22.8. The van der Waals surface area contributed by atoms with Crippen LogP contribution in [0.25, 0.3) is 11.8 Å². The van der Waals surface area contributed by atoms with Gasteiger partial charge in [-0.05, 0) is 74.4 Å². The number of allylic oxidation sites excluding steroid dienone is 1. The van der Waals surface area contributed by atoms with Crippen LogP contribution in [-0.2, 0) is 23.2 Å². The second-order valence-corrected chi connectivity index (χ2v) is 14.1. The quantitative estimate of drug-likeness (QED) is 0.215. The SMILES string of the molecule is C=S(=O)(c1cnn(C)c1)N(CCF)[C@H]1CCC2=Cc3c(cnn3-c3ccc(F)cc3)C[C@]2(C(=O)c2ncc(C)s2)C1. The molecule has 6 rings (SSSR count). The Morgan fingerprint density at radius 3 is 2.68 bits per heavy atom. The second kappa shape index (κ2) is 10.4. The van der Waals surface area contributed by atoms with Gasteiger partial charge in [0.05, 0.1) is 43.8 Å². The molecule has 0 amide bonds. The molecule has 3 aromatic heterocycles. The number of carbonyl (C=O) groups excluding carboxylic acids is 1. The van der Waals surface area contributed by atoms with Crippen LogP contribution in [0.5, 0.6) is 0 Å². The highest BCUT2D eigenvalue weighted by Crippen LogP contribution is 2.51. The van der Waals surface area contributed by atoms with Crippen molar-refractivity contribution in [2.75, 3.05) is 13.2 Å². The van der Waals surface area contributed by atoms with Gasteiger partial charge in [0, 0.05) is 36.9 Å². The number of hydrogen-bond acceptors (Lipinski definition) is 6. The van der Waals surface area contributed by atoms with Gasteiger partial charge in [-0.3, -0.25) is 9.48 Å². The van der Waals surface area contributed by atoms with E-state index in [0.29, 0.717) is 35.6 Å². The average Bonchev–Trinajstić information content (AvgIpc) is 3.70. The fraction of sp³-hybridized carbons (Fsp3) is 0.345. The van der Waals surface area contributed by atoms with E-state index in [2.05, 4.69) is 21.1 Å². The molecule has 2 aliphatic carbocycles. The highest BCUT2D eigenvalue weighted by atomic mass is 32.2. The highest BCUT2D eigenvalue weighted by Gasteiger charge is 2.51. The summed E-state index contributed by atoms with van der Waals surface area (Å²) in [5.74, 6) is 3.62. The first kappa shape index (κ1) is 27.7. The molecule has 2 aliphatic rings. The Bertz CT molecular complexity index is 1760. The smallest absolute Gasteiger partial charge is 0.201 e. The lowest BCUT2D eigenvalue weighted by molar-refractivity contribution is 0.0742. The molecule has 3 atom stereocenters. The molecule has 0 aliphatic heterocycles. The minimum Gasteiger partial charge on any atom is -0.290 e. The third-order valence-corrected chi connectivity index (χ3v) is 11.2. The van der Waals surface area contributed by atoms with Crippen LogP contribution < -0.4 is 0 Å². The molecule has 41 heavy (non-hydrogen) atoms. The number of aromatic nitrogens is 5. The number of benzene rings is 1. The third kappa shape index (κ3) is 4.77. The summed E-state index contributed by atoms with van der Waals surface area (Å²) in [6, 6.07) is 5.75. The Kier molecular flexibility index (Phi) is 7.03. The number of fused-ring (bicyclic) bond motifs is 2. The molecular formula is C29H30F2N6O2S2.